The van der Waals surface area contributed by atoms with Crippen molar-refractivity contribution >= 4 is 63.2 Å². The second kappa shape index (κ2) is 8.59. The first-order chi connectivity index (χ1) is 11.9. The Bertz CT molecular complexity index is 855. The number of thioether (sulfide) groups is 1. The summed E-state index contributed by atoms with van der Waals surface area (Å²) in [6.45, 7) is 3.64. The first-order valence-corrected chi connectivity index (χ1v) is 9.40. The van der Waals surface area contributed by atoms with Crippen molar-refractivity contribution in [1.82, 2.24) is 0 Å². The Morgan fingerprint density at radius 3 is 2.52 bits per heavy atom. The number of anilines is 1. The molecule has 0 atom stereocenters. The molecule has 5 nitrogen and oxygen atoms in total. The van der Waals surface area contributed by atoms with Crippen molar-refractivity contribution in [1.29, 1.82) is 5.26 Å². The van der Waals surface area contributed by atoms with Crippen molar-refractivity contribution < 1.29 is 14.3 Å². The van der Waals surface area contributed by atoms with Crippen molar-refractivity contribution in [2.24, 2.45) is 0 Å². The Labute approximate surface area is 162 Å². The average molecular weight is 415 g/mol. The van der Waals surface area contributed by atoms with E-state index >= 15 is 0 Å². The van der Waals surface area contributed by atoms with Crippen LogP contribution in [0.3, 0.4) is 0 Å². The number of rotatable bonds is 5. The summed E-state index contributed by atoms with van der Waals surface area (Å²) in [6.07, 6.45) is 0. The van der Waals surface area contributed by atoms with Crippen molar-refractivity contribution in [3.63, 3.8) is 0 Å². The molecule has 0 aliphatic rings. The van der Waals surface area contributed by atoms with E-state index in [1.54, 1.807) is 13.8 Å². The molecule has 1 amide bonds. The summed E-state index contributed by atoms with van der Waals surface area (Å²) in [5.41, 5.74) is 0.864. The number of thiocyanates is 1. The number of hydrogen-bond acceptors (Lipinski definition) is 6. The predicted molar refractivity (Wildman–Crippen MR) is 101 cm³/mol. The van der Waals surface area contributed by atoms with E-state index in [2.05, 4.69) is 5.32 Å². The zero-order chi connectivity index (χ0) is 18.6. The van der Waals surface area contributed by atoms with E-state index in [1.807, 2.05) is 5.40 Å². The Kier molecular flexibility index (Phi) is 6.73. The van der Waals surface area contributed by atoms with E-state index in [4.69, 9.17) is 33.2 Å². The maximum absolute atomic E-state index is 12.5. The highest BCUT2D eigenvalue weighted by Crippen LogP contribution is 2.40. The topological polar surface area (TPSA) is 79.2 Å². The second-order valence-electron chi connectivity index (χ2n) is 4.74. The van der Waals surface area contributed by atoms with Gasteiger partial charge in [-0.05, 0) is 49.4 Å². The Morgan fingerprint density at radius 2 is 1.96 bits per heavy atom. The van der Waals surface area contributed by atoms with Crippen LogP contribution in [-0.4, -0.2) is 18.5 Å². The average Bonchev–Trinajstić information content (AvgIpc) is 2.84. The maximum atomic E-state index is 12.5. The van der Waals surface area contributed by atoms with Crippen LogP contribution in [0.2, 0.25) is 10.0 Å². The number of benzene rings is 1. The van der Waals surface area contributed by atoms with Crippen LogP contribution >= 0.6 is 46.3 Å². The number of nitriles is 1. The maximum Gasteiger partial charge on any atom is 0.348 e. The number of hydrogen-bond donors (Lipinski definition) is 1. The number of nitrogens with one attached hydrogen (secondary N) is 1. The molecule has 130 valence electrons. The lowest BCUT2D eigenvalue weighted by atomic mass is 10.2. The Hall–Kier alpha value is -1.72. The molecule has 0 bridgehead atoms. The van der Waals surface area contributed by atoms with Crippen LogP contribution in [0.25, 0.3) is 0 Å². The predicted octanol–water partition coefficient (Wildman–Crippen LogP) is 5.37. The Morgan fingerprint density at radius 1 is 1.32 bits per heavy atom. The first-order valence-electron chi connectivity index (χ1n) is 7.01. The molecule has 0 saturated carbocycles. The molecule has 0 aliphatic carbocycles. The van der Waals surface area contributed by atoms with Gasteiger partial charge >= 0.3 is 5.97 Å². The third-order valence-electron chi connectivity index (χ3n) is 3.05. The summed E-state index contributed by atoms with van der Waals surface area (Å²) in [5, 5.41) is 14.7. The van der Waals surface area contributed by atoms with Crippen LogP contribution in [0, 0.1) is 17.6 Å². The number of halogens is 2. The molecule has 1 heterocycles. The highest BCUT2D eigenvalue weighted by Gasteiger charge is 2.23. The number of esters is 1. The summed E-state index contributed by atoms with van der Waals surface area (Å²) in [5.74, 6) is -0.933. The van der Waals surface area contributed by atoms with Gasteiger partial charge in [0.25, 0.3) is 5.91 Å². The third kappa shape index (κ3) is 4.67. The van der Waals surface area contributed by atoms with E-state index in [-0.39, 0.29) is 12.2 Å². The fraction of sp³-hybridized carbons (Fsp3) is 0.188. The molecule has 9 heteroatoms. The lowest BCUT2D eigenvalue weighted by Crippen LogP contribution is -2.11. The van der Waals surface area contributed by atoms with Gasteiger partial charge in [-0.15, -0.1) is 11.3 Å². The van der Waals surface area contributed by atoms with Gasteiger partial charge in [0, 0.05) is 15.6 Å². The molecule has 2 aromatic rings. The minimum Gasteiger partial charge on any atom is -0.462 e. The van der Waals surface area contributed by atoms with Gasteiger partial charge in [0.2, 0.25) is 0 Å². The van der Waals surface area contributed by atoms with Crippen LogP contribution in [-0.2, 0) is 4.74 Å². The van der Waals surface area contributed by atoms with Gasteiger partial charge in [-0.2, -0.15) is 5.26 Å². The van der Waals surface area contributed by atoms with Crippen LogP contribution in [0.1, 0.15) is 32.5 Å². The minimum absolute atomic E-state index is 0.236. The van der Waals surface area contributed by atoms with E-state index in [9.17, 15) is 9.59 Å². The van der Waals surface area contributed by atoms with Gasteiger partial charge in [-0.25, -0.2) is 4.79 Å². The van der Waals surface area contributed by atoms with Gasteiger partial charge in [0.05, 0.1) is 11.5 Å². The monoisotopic (exact) mass is 414 g/mol. The molecule has 0 aliphatic heterocycles. The van der Waals surface area contributed by atoms with Gasteiger partial charge in [0.1, 0.15) is 15.3 Å². The molecular formula is C16H12Cl2N2O3S2. The summed E-state index contributed by atoms with van der Waals surface area (Å²) in [7, 11) is 0. The summed E-state index contributed by atoms with van der Waals surface area (Å²) >= 11 is 13.8. The largest absolute Gasteiger partial charge is 0.462 e. The van der Waals surface area contributed by atoms with Crippen molar-refractivity contribution in [2.75, 3.05) is 11.9 Å². The summed E-state index contributed by atoms with van der Waals surface area (Å²) in [4.78, 5) is 25.3. The van der Waals surface area contributed by atoms with E-state index in [0.29, 0.717) is 30.4 Å². The molecule has 1 aromatic carbocycles. The highest BCUT2D eigenvalue weighted by molar-refractivity contribution is 8.04. The highest BCUT2D eigenvalue weighted by atomic mass is 35.5. The number of nitrogens with zero attached hydrogens (tertiary/aromatic N) is 1. The molecule has 2 rings (SSSR count). The quantitative estimate of drug-likeness (QED) is 0.404. The minimum atomic E-state index is -0.490. The van der Waals surface area contributed by atoms with Crippen molar-refractivity contribution in [3.05, 3.63) is 44.2 Å². The lowest BCUT2D eigenvalue weighted by Gasteiger charge is -2.06. The standard InChI is InChI=1S/C16H12Cl2N2O3S2/c1-3-23-16(22)13-8(2)12(24-7-19)15(25-13)20-14(21)9-4-10(17)6-11(18)5-9/h4-6H,3H2,1-2H3,(H,20,21). The van der Waals surface area contributed by atoms with Crippen molar-refractivity contribution in [3.8, 4) is 5.40 Å². The number of thiophene rings is 1. The van der Waals surface area contributed by atoms with Gasteiger partial charge in [0.15, 0.2) is 0 Å². The van der Waals surface area contributed by atoms with Crippen LogP contribution < -0.4 is 5.32 Å². The van der Waals surface area contributed by atoms with Crippen LogP contribution in [0.5, 0.6) is 0 Å². The number of carbonyl (C=O) groups excluding carboxylic acids is 2. The summed E-state index contributed by atoms with van der Waals surface area (Å²) in [6, 6.07) is 4.48. The molecule has 1 aromatic heterocycles. The third-order valence-corrected chi connectivity index (χ3v) is 5.61. The molecule has 0 unspecified atom stereocenters. The normalized spacial score (nSPS) is 10.2. The zero-order valence-corrected chi connectivity index (χ0v) is 16.3. The second-order valence-corrected chi connectivity index (χ2v) is 7.43. The smallest absolute Gasteiger partial charge is 0.348 e. The van der Waals surface area contributed by atoms with E-state index < -0.39 is 11.9 Å². The van der Waals surface area contributed by atoms with Crippen LogP contribution in [0.15, 0.2) is 23.1 Å². The molecule has 0 spiro atoms. The fourth-order valence-electron chi connectivity index (χ4n) is 2.00. The van der Waals surface area contributed by atoms with Gasteiger partial charge < -0.3 is 10.1 Å². The van der Waals surface area contributed by atoms with Crippen LogP contribution in [0.4, 0.5) is 5.00 Å². The fourth-order valence-corrected chi connectivity index (χ4v) is 4.32. The Balaban J connectivity index is 2.37. The van der Waals surface area contributed by atoms with Gasteiger partial charge in [-0.1, -0.05) is 23.2 Å². The molecule has 0 saturated heterocycles. The molecule has 0 fully saturated rings. The molecule has 1 N–H and O–H groups in total. The van der Waals surface area contributed by atoms with E-state index in [0.717, 1.165) is 23.1 Å². The molecular weight excluding hydrogens is 403 g/mol. The van der Waals surface area contributed by atoms with E-state index in [1.165, 1.54) is 18.2 Å². The number of carbonyl (C=O) groups is 2. The molecule has 25 heavy (non-hydrogen) atoms. The van der Waals surface area contributed by atoms with Gasteiger partial charge in [-0.3, -0.25) is 4.79 Å². The molecule has 0 radical (unpaired) electrons. The SMILES string of the molecule is CCOC(=O)c1sc(NC(=O)c2cc(Cl)cc(Cl)c2)c(SC#N)c1C. The summed E-state index contributed by atoms with van der Waals surface area (Å²) < 4.78 is 5.01. The number of ether oxygens (including phenoxy) is 1. The zero-order valence-electron chi connectivity index (χ0n) is 13.2. The number of amides is 1. The lowest BCUT2D eigenvalue weighted by molar-refractivity contribution is 0.0531. The van der Waals surface area contributed by atoms with Crippen molar-refractivity contribution in [2.45, 2.75) is 18.7 Å². The first kappa shape index (κ1) is 19.6.